The zero-order valence-electron chi connectivity index (χ0n) is 15.1. The normalized spacial score (nSPS) is 11.8. The van der Waals surface area contributed by atoms with Crippen LogP contribution in [0.1, 0.15) is 29.2 Å². The van der Waals surface area contributed by atoms with E-state index in [2.05, 4.69) is 9.71 Å². The van der Waals surface area contributed by atoms with Crippen LogP contribution in [0.4, 0.5) is 0 Å². The van der Waals surface area contributed by atoms with E-state index in [-0.39, 0.29) is 17.0 Å². The fourth-order valence-corrected chi connectivity index (χ4v) is 4.03. The smallest absolute Gasteiger partial charge is 0.252 e. The molecule has 0 aliphatic carbocycles. The standard InChI is InChI=1S/C20H22N2O3S/c1-4-15-5-7-18(8-6-15)26(24,25)21-12-17-11-16-10-13(2)9-14(3)19(16)22-20(17)23/h5-11,21H,4,12H2,1-3H3,(H,22,23). The van der Waals surface area contributed by atoms with E-state index in [0.717, 1.165) is 34.0 Å². The number of aromatic amines is 1. The van der Waals surface area contributed by atoms with Crippen molar-refractivity contribution in [3.05, 3.63) is 75.1 Å². The number of aryl methyl sites for hydroxylation is 3. The minimum absolute atomic E-state index is 0.0594. The Labute approximate surface area is 153 Å². The molecule has 0 radical (unpaired) electrons. The zero-order chi connectivity index (χ0) is 18.9. The van der Waals surface area contributed by atoms with E-state index in [1.807, 2.05) is 32.9 Å². The maximum atomic E-state index is 12.5. The van der Waals surface area contributed by atoms with Gasteiger partial charge in [0.2, 0.25) is 10.0 Å². The lowest BCUT2D eigenvalue weighted by Gasteiger charge is -2.09. The van der Waals surface area contributed by atoms with E-state index < -0.39 is 10.0 Å². The molecule has 0 aliphatic heterocycles. The van der Waals surface area contributed by atoms with Crippen molar-refractivity contribution in [1.29, 1.82) is 0 Å². The molecule has 0 saturated carbocycles. The van der Waals surface area contributed by atoms with Gasteiger partial charge in [-0.2, -0.15) is 0 Å². The van der Waals surface area contributed by atoms with E-state index >= 15 is 0 Å². The minimum atomic E-state index is -3.67. The van der Waals surface area contributed by atoms with Gasteiger partial charge in [0.25, 0.3) is 5.56 Å². The fraction of sp³-hybridized carbons (Fsp3) is 0.250. The Kier molecular flexibility index (Phi) is 4.98. The van der Waals surface area contributed by atoms with Crippen molar-refractivity contribution in [2.45, 2.75) is 38.6 Å². The second-order valence-corrected chi connectivity index (χ2v) is 8.26. The van der Waals surface area contributed by atoms with E-state index in [4.69, 9.17) is 0 Å². The van der Waals surface area contributed by atoms with Gasteiger partial charge in [0, 0.05) is 12.1 Å². The highest BCUT2D eigenvalue weighted by atomic mass is 32.2. The molecule has 0 atom stereocenters. The van der Waals surface area contributed by atoms with Crippen molar-refractivity contribution in [3.63, 3.8) is 0 Å². The molecule has 0 saturated heterocycles. The highest BCUT2D eigenvalue weighted by molar-refractivity contribution is 7.89. The van der Waals surface area contributed by atoms with Crippen molar-refractivity contribution in [2.75, 3.05) is 0 Å². The number of H-pyrrole nitrogens is 1. The van der Waals surface area contributed by atoms with E-state index in [0.29, 0.717) is 5.56 Å². The Bertz CT molecular complexity index is 1110. The van der Waals surface area contributed by atoms with Crippen molar-refractivity contribution < 1.29 is 8.42 Å². The van der Waals surface area contributed by atoms with E-state index in [1.54, 1.807) is 30.3 Å². The van der Waals surface area contributed by atoms with Crippen LogP contribution in [0.2, 0.25) is 0 Å². The summed E-state index contributed by atoms with van der Waals surface area (Å²) in [4.78, 5) is 15.4. The van der Waals surface area contributed by atoms with E-state index in [1.165, 1.54) is 0 Å². The first-order valence-corrected chi connectivity index (χ1v) is 10.0. The molecule has 5 nitrogen and oxygen atoms in total. The highest BCUT2D eigenvalue weighted by Gasteiger charge is 2.15. The predicted octanol–water partition coefficient (Wildman–Crippen LogP) is 3.19. The molecule has 2 aromatic carbocycles. The number of fused-ring (bicyclic) bond motifs is 1. The van der Waals surface area contributed by atoms with Gasteiger partial charge in [-0.1, -0.05) is 30.7 Å². The number of hydrogen-bond donors (Lipinski definition) is 2. The average Bonchev–Trinajstić information content (AvgIpc) is 2.61. The molecule has 0 fully saturated rings. The van der Waals surface area contributed by atoms with Crippen molar-refractivity contribution in [1.82, 2.24) is 9.71 Å². The molecule has 0 spiro atoms. The second kappa shape index (κ2) is 7.05. The first-order chi connectivity index (χ1) is 12.3. The number of aromatic nitrogens is 1. The molecule has 0 aliphatic rings. The number of rotatable bonds is 5. The molecule has 0 bridgehead atoms. The van der Waals surface area contributed by atoms with Crippen molar-refractivity contribution in [3.8, 4) is 0 Å². The summed E-state index contributed by atoms with van der Waals surface area (Å²) in [5.74, 6) is 0. The van der Waals surface area contributed by atoms with Crippen LogP contribution >= 0.6 is 0 Å². The molecule has 1 aromatic heterocycles. The Morgan fingerprint density at radius 1 is 1.04 bits per heavy atom. The van der Waals surface area contributed by atoms with Crippen LogP contribution in [0, 0.1) is 13.8 Å². The Hall–Kier alpha value is -2.44. The van der Waals surface area contributed by atoms with Gasteiger partial charge in [0.1, 0.15) is 0 Å². The molecule has 2 N–H and O–H groups in total. The van der Waals surface area contributed by atoms with Gasteiger partial charge in [0.15, 0.2) is 0 Å². The second-order valence-electron chi connectivity index (χ2n) is 6.49. The largest absolute Gasteiger partial charge is 0.321 e. The van der Waals surface area contributed by atoms with Gasteiger partial charge in [-0.3, -0.25) is 4.79 Å². The lowest BCUT2D eigenvalue weighted by molar-refractivity contribution is 0.581. The molecule has 6 heteroatoms. The minimum Gasteiger partial charge on any atom is -0.321 e. The van der Waals surface area contributed by atoms with Crippen LogP contribution in [0.25, 0.3) is 10.9 Å². The SMILES string of the molecule is CCc1ccc(S(=O)(=O)NCc2cc3cc(C)cc(C)c3[nH]c2=O)cc1. The fourth-order valence-electron chi connectivity index (χ4n) is 3.02. The lowest BCUT2D eigenvalue weighted by atomic mass is 10.1. The summed E-state index contributed by atoms with van der Waals surface area (Å²) in [6.45, 7) is 5.88. The quantitative estimate of drug-likeness (QED) is 0.724. The van der Waals surface area contributed by atoms with Gasteiger partial charge < -0.3 is 4.98 Å². The summed E-state index contributed by atoms with van der Waals surface area (Å²) in [6.07, 6.45) is 0.846. The first-order valence-electron chi connectivity index (χ1n) is 8.52. The van der Waals surface area contributed by atoms with E-state index in [9.17, 15) is 13.2 Å². The van der Waals surface area contributed by atoms with Crippen LogP contribution in [0.3, 0.4) is 0 Å². The van der Waals surface area contributed by atoms with Gasteiger partial charge in [-0.25, -0.2) is 13.1 Å². The third-order valence-corrected chi connectivity index (χ3v) is 5.88. The number of hydrogen-bond acceptors (Lipinski definition) is 3. The Morgan fingerprint density at radius 2 is 1.73 bits per heavy atom. The number of benzene rings is 2. The molecule has 26 heavy (non-hydrogen) atoms. The summed E-state index contributed by atoms with van der Waals surface area (Å²) < 4.78 is 27.4. The molecular weight excluding hydrogens is 348 g/mol. The molecule has 136 valence electrons. The van der Waals surface area contributed by atoms with Crippen LogP contribution in [-0.4, -0.2) is 13.4 Å². The summed E-state index contributed by atoms with van der Waals surface area (Å²) in [7, 11) is -3.67. The molecular formula is C20H22N2O3S. The third kappa shape index (κ3) is 3.71. The zero-order valence-corrected chi connectivity index (χ0v) is 15.9. The van der Waals surface area contributed by atoms with Crippen LogP contribution in [-0.2, 0) is 23.0 Å². The summed E-state index contributed by atoms with van der Waals surface area (Å²) >= 11 is 0. The van der Waals surface area contributed by atoms with Crippen molar-refractivity contribution >= 4 is 20.9 Å². The first kappa shape index (κ1) is 18.4. The number of nitrogens with one attached hydrogen (secondary N) is 2. The average molecular weight is 370 g/mol. The Balaban J connectivity index is 1.88. The topological polar surface area (TPSA) is 79.0 Å². The van der Waals surface area contributed by atoms with Gasteiger partial charge in [0.05, 0.1) is 10.4 Å². The van der Waals surface area contributed by atoms with Crippen molar-refractivity contribution in [2.24, 2.45) is 0 Å². The monoisotopic (exact) mass is 370 g/mol. The predicted molar refractivity (Wildman–Crippen MR) is 104 cm³/mol. The van der Waals surface area contributed by atoms with Crippen LogP contribution in [0.5, 0.6) is 0 Å². The third-order valence-electron chi connectivity index (χ3n) is 4.46. The molecule has 3 aromatic rings. The van der Waals surface area contributed by atoms with Crippen LogP contribution < -0.4 is 10.3 Å². The van der Waals surface area contributed by atoms with Gasteiger partial charge in [-0.05, 0) is 61.0 Å². The van der Waals surface area contributed by atoms with Gasteiger partial charge in [-0.15, -0.1) is 0 Å². The molecule has 1 heterocycles. The molecule has 0 unspecified atom stereocenters. The lowest BCUT2D eigenvalue weighted by Crippen LogP contribution is -2.27. The number of sulfonamides is 1. The highest BCUT2D eigenvalue weighted by Crippen LogP contribution is 2.18. The van der Waals surface area contributed by atoms with Gasteiger partial charge >= 0.3 is 0 Å². The summed E-state index contributed by atoms with van der Waals surface area (Å²) in [5, 5.41) is 0.892. The maximum absolute atomic E-state index is 12.5. The Morgan fingerprint density at radius 3 is 2.38 bits per heavy atom. The molecule has 3 rings (SSSR count). The summed E-state index contributed by atoms with van der Waals surface area (Å²) in [5.41, 5.74) is 4.03. The molecule has 0 amide bonds. The summed E-state index contributed by atoms with van der Waals surface area (Å²) in [6, 6.07) is 12.5. The van der Waals surface area contributed by atoms with Crippen LogP contribution in [0.15, 0.2) is 52.2 Å². The maximum Gasteiger partial charge on any atom is 0.252 e. The number of pyridine rings is 1.